The van der Waals surface area contributed by atoms with Gasteiger partial charge in [0.05, 0.1) is 18.4 Å². The molecule has 0 fully saturated rings. The molecule has 3 aromatic carbocycles. The number of anilines is 2. The Hall–Kier alpha value is -3.40. The molecule has 0 amide bonds. The lowest BCUT2D eigenvalue weighted by Crippen LogP contribution is -2.24. The maximum atomic E-state index is 13.2. The van der Waals surface area contributed by atoms with E-state index in [1.807, 2.05) is 42.3 Å². The third-order valence-corrected chi connectivity index (χ3v) is 4.72. The topological polar surface area (TPSA) is 46.6 Å². The van der Waals surface area contributed by atoms with E-state index in [4.69, 9.17) is 4.74 Å². The largest absolute Gasteiger partial charge is 0.497 e. The Morgan fingerprint density at radius 1 is 0.769 bits per heavy atom. The van der Waals surface area contributed by atoms with Crippen molar-refractivity contribution < 1.29 is 14.3 Å². The Balaban J connectivity index is 1.97. The first-order chi connectivity index (χ1) is 12.6. The molecule has 0 radical (unpaired) electrons. The van der Waals surface area contributed by atoms with Crippen LogP contribution in [0.5, 0.6) is 5.75 Å². The molecule has 0 saturated carbocycles. The number of benzene rings is 3. The molecule has 1 aliphatic rings. The standard InChI is InChI=1S/C22H17NO3/c1-23(14-8-4-3-5-9-14)19-13-15(26-2)12-18-20(19)22(25)17-11-7-6-10-16(17)21(18)24/h3-13H,1-2H3. The normalized spacial score (nSPS) is 12.4. The van der Waals surface area contributed by atoms with Crippen LogP contribution in [0.15, 0.2) is 66.7 Å². The van der Waals surface area contributed by atoms with Gasteiger partial charge in [0, 0.05) is 35.5 Å². The molecule has 0 saturated heterocycles. The Morgan fingerprint density at radius 2 is 1.38 bits per heavy atom. The van der Waals surface area contributed by atoms with Gasteiger partial charge in [0.2, 0.25) is 0 Å². The number of ether oxygens (including phenoxy) is 1. The Kier molecular flexibility index (Phi) is 3.81. The van der Waals surface area contributed by atoms with Crippen molar-refractivity contribution in [3.8, 4) is 5.75 Å². The van der Waals surface area contributed by atoms with Crippen molar-refractivity contribution in [2.45, 2.75) is 0 Å². The summed E-state index contributed by atoms with van der Waals surface area (Å²) in [6, 6.07) is 20.1. The lowest BCUT2D eigenvalue weighted by molar-refractivity contribution is 0.0979. The highest BCUT2D eigenvalue weighted by Gasteiger charge is 2.33. The van der Waals surface area contributed by atoms with E-state index >= 15 is 0 Å². The summed E-state index contributed by atoms with van der Waals surface area (Å²) in [5.41, 5.74) is 3.25. The van der Waals surface area contributed by atoms with Crippen LogP contribution in [0.3, 0.4) is 0 Å². The molecule has 0 bridgehead atoms. The van der Waals surface area contributed by atoms with Gasteiger partial charge in [-0.1, -0.05) is 42.5 Å². The summed E-state index contributed by atoms with van der Waals surface area (Å²) in [6.45, 7) is 0. The van der Waals surface area contributed by atoms with Crippen LogP contribution in [0.2, 0.25) is 0 Å². The van der Waals surface area contributed by atoms with Gasteiger partial charge in [0.1, 0.15) is 5.75 Å². The molecular formula is C22H17NO3. The van der Waals surface area contributed by atoms with Crippen molar-refractivity contribution in [2.24, 2.45) is 0 Å². The molecule has 0 heterocycles. The molecule has 128 valence electrons. The van der Waals surface area contributed by atoms with Crippen LogP contribution in [0.25, 0.3) is 0 Å². The molecule has 4 rings (SSSR count). The number of carbonyl (C=O) groups is 2. The number of nitrogens with zero attached hydrogens (tertiary/aromatic N) is 1. The number of hydrogen-bond donors (Lipinski definition) is 0. The van der Waals surface area contributed by atoms with Crippen LogP contribution >= 0.6 is 0 Å². The Morgan fingerprint density at radius 3 is 2.04 bits per heavy atom. The molecule has 26 heavy (non-hydrogen) atoms. The summed E-state index contributed by atoms with van der Waals surface area (Å²) in [5, 5.41) is 0. The van der Waals surface area contributed by atoms with E-state index in [1.54, 1.807) is 43.5 Å². The second-order valence-electron chi connectivity index (χ2n) is 6.17. The third kappa shape index (κ3) is 2.39. The Bertz CT molecular complexity index is 1020. The van der Waals surface area contributed by atoms with Gasteiger partial charge in [-0.25, -0.2) is 0 Å². The van der Waals surface area contributed by atoms with Crippen LogP contribution in [-0.2, 0) is 0 Å². The van der Waals surface area contributed by atoms with Gasteiger partial charge in [-0.2, -0.15) is 0 Å². The number of hydrogen-bond acceptors (Lipinski definition) is 4. The molecule has 3 aromatic rings. The molecule has 0 unspecified atom stereocenters. The number of methoxy groups -OCH3 is 1. The zero-order chi connectivity index (χ0) is 18.3. The predicted molar refractivity (Wildman–Crippen MR) is 101 cm³/mol. The maximum absolute atomic E-state index is 13.2. The highest BCUT2D eigenvalue weighted by Crippen LogP contribution is 2.38. The van der Waals surface area contributed by atoms with Crippen molar-refractivity contribution in [3.05, 3.63) is 89.0 Å². The molecule has 4 nitrogen and oxygen atoms in total. The lowest BCUT2D eigenvalue weighted by atomic mass is 9.83. The average Bonchev–Trinajstić information content (AvgIpc) is 2.71. The predicted octanol–water partition coefficient (Wildman–Crippen LogP) is 4.24. The first kappa shape index (κ1) is 16.1. The fourth-order valence-corrected chi connectivity index (χ4v) is 3.35. The summed E-state index contributed by atoms with van der Waals surface area (Å²) >= 11 is 0. The quantitative estimate of drug-likeness (QED) is 0.558. The van der Waals surface area contributed by atoms with Crippen LogP contribution in [0.4, 0.5) is 11.4 Å². The van der Waals surface area contributed by atoms with Crippen molar-refractivity contribution >= 4 is 22.9 Å². The van der Waals surface area contributed by atoms with Gasteiger partial charge in [-0.3, -0.25) is 9.59 Å². The number of para-hydroxylation sites is 1. The highest BCUT2D eigenvalue weighted by atomic mass is 16.5. The molecular weight excluding hydrogens is 326 g/mol. The minimum Gasteiger partial charge on any atom is -0.497 e. The maximum Gasteiger partial charge on any atom is 0.196 e. The summed E-state index contributed by atoms with van der Waals surface area (Å²) in [6.07, 6.45) is 0. The van der Waals surface area contributed by atoms with Gasteiger partial charge in [0.15, 0.2) is 11.6 Å². The zero-order valence-electron chi connectivity index (χ0n) is 14.5. The van der Waals surface area contributed by atoms with Crippen molar-refractivity contribution in [2.75, 3.05) is 19.1 Å². The summed E-state index contributed by atoms with van der Waals surface area (Å²) in [7, 11) is 3.43. The first-order valence-corrected chi connectivity index (χ1v) is 8.31. The number of carbonyl (C=O) groups excluding carboxylic acids is 2. The molecule has 0 aromatic heterocycles. The number of rotatable bonds is 3. The van der Waals surface area contributed by atoms with Crippen molar-refractivity contribution in [1.29, 1.82) is 0 Å². The SMILES string of the molecule is COc1cc2c(c(N(C)c3ccccc3)c1)C(=O)c1ccccc1C2=O. The molecule has 4 heteroatoms. The fourth-order valence-electron chi connectivity index (χ4n) is 3.35. The van der Waals surface area contributed by atoms with E-state index in [9.17, 15) is 9.59 Å². The minimum absolute atomic E-state index is 0.143. The van der Waals surface area contributed by atoms with E-state index in [0.29, 0.717) is 33.7 Å². The second kappa shape index (κ2) is 6.15. The summed E-state index contributed by atoms with van der Waals surface area (Å²) < 4.78 is 5.39. The summed E-state index contributed by atoms with van der Waals surface area (Å²) in [5.74, 6) is 0.245. The van der Waals surface area contributed by atoms with Gasteiger partial charge in [0.25, 0.3) is 0 Å². The Labute approximate surface area is 151 Å². The fraction of sp³-hybridized carbons (Fsp3) is 0.0909. The van der Waals surface area contributed by atoms with E-state index < -0.39 is 0 Å². The van der Waals surface area contributed by atoms with Gasteiger partial charge in [-0.05, 0) is 18.2 Å². The molecule has 1 aliphatic carbocycles. The highest BCUT2D eigenvalue weighted by molar-refractivity contribution is 6.30. The first-order valence-electron chi connectivity index (χ1n) is 8.31. The monoisotopic (exact) mass is 343 g/mol. The molecule has 0 aliphatic heterocycles. The number of ketones is 2. The van der Waals surface area contributed by atoms with Crippen LogP contribution < -0.4 is 9.64 Å². The molecule has 0 N–H and O–H groups in total. The van der Waals surface area contributed by atoms with E-state index in [-0.39, 0.29) is 11.6 Å². The summed E-state index contributed by atoms with van der Waals surface area (Å²) in [4.78, 5) is 28.1. The lowest BCUT2D eigenvalue weighted by Gasteiger charge is -2.27. The van der Waals surface area contributed by atoms with Crippen LogP contribution in [-0.4, -0.2) is 25.7 Å². The molecule has 0 spiro atoms. The van der Waals surface area contributed by atoms with Crippen molar-refractivity contribution in [1.82, 2.24) is 0 Å². The second-order valence-corrected chi connectivity index (χ2v) is 6.17. The van der Waals surface area contributed by atoms with Gasteiger partial charge in [-0.15, -0.1) is 0 Å². The van der Waals surface area contributed by atoms with Gasteiger partial charge < -0.3 is 9.64 Å². The van der Waals surface area contributed by atoms with E-state index in [1.165, 1.54) is 0 Å². The smallest absolute Gasteiger partial charge is 0.196 e. The number of fused-ring (bicyclic) bond motifs is 2. The molecule has 0 atom stereocenters. The van der Waals surface area contributed by atoms with E-state index in [2.05, 4.69) is 0 Å². The zero-order valence-corrected chi connectivity index (χ0v) is 14.5. The average molecular weight is 343 g/mol. The van der Waals surface area contributed by atoms with Gasteiger partial charge >= 0.3 is 0 Å². The minimum atomic E-state index is -0.156. The van der Waals surface area contributed by atoms with Crippen molar-refractivity contribution in [3.63, 3.8) is 0 Å². The van der Waals surface area contributed by atoms with Crippen LogP contribution in [0, 0.1) is 0 Å². The van der Waals surface area contributed by atoms with Crippen LogP contribution in [0.1, 0.15) is 31.8 Å². The van der Waals surface area contributed by atoms with E-state index in [0.717, 1.165) is 5.69 Å². The third-order valence-electron chi connectivity index (χ3n) is 4.72.